The lowest BCUT2D eigenvalue weighted by atomic mass is 10.1. The quantitative estimate of drug-likeness (QED) is 0.574. The Morgan fingerprint density at radius 1 is 1.14 bits per heavy atom. The summed E-state index contributed by atoms with van der Waals surface area (Å²) < 4.78 is 7.78. The summed E-state index contributed by atoms with van der Waals surface area (Å²) in [7, 11) is 0. The number of para-hydroxylation sites is 1. The van der Waals surface area contributed by atoms with Crippen molar-refractivity contribution in [2.45, 2.75) is 58.5 Å². The number of ether oxygens (including phenoxy) is 1. The van der Waals surface area contributed by atoms with Gasteiger partial charge in [-0.1, -0.05) is 43.8 Å². The fraction of sp³-hybridized carbons (Fsp3) is 0.500. The van der Waals surface area contributed by atoms with Gasteiger partial charge in [-0.3, -0.25) is 10.1 Å². The lowest BCUT2D eigenvalue weighted by molar-refractivity contribution is -0.117. The zero-order valence-electron chi connectivity index (χ0n) is 17.3. The largest absolute Gasteiger partial charge is 0.486 e. The third-order valence-electron chi connectivity index (χ3n) is 3.84. The zero-order valence-corrected chi connectivity index (χ0v) is 18.2. The van der Waals surface area contributed by atoms with Crippen LogP contribution in [-0.2, 0) is 17.9 Å². The van der Waals surface area contributed by atoms with E-state index in [0.717, 1.165) is 18.7 Å². The number of rotatable bonds is 10. The van der Waals surface area contributed by atoms with Gasteiger partial charge in [-0.05, 0) is 38.3 Å². The highest BCUT2D eigenvalue weighted by Crippen LogP contribution is 2.20. The van der Waals surface area contributed by atoms with Crippen LogP contribution in [-0.4, -0.2) is 38.5 Å². The van der Waals surface area contributed by atoms with Crippen LogP contribution in [0, 0.1) is 5.92 Å². The number of imide groups is 1. The number of thioether (sulfide) groups is 1. The van der Waals surface area contributed by atoms with Crippen LogP contribution in [0.15, 0.2) is 35.5 Å². The van der Waals surface area contributed by atoms with Crippen molar-refractivity contribution in [1.29, 1.82) is 0 Å². The summed E-state index contributed by atoms with van der Waals surface area (Å²) in [4.78, 5) is 23.7. The summed E-state index contributed by atoms with van der Waals surface area (Å²) in [6, 6.07) is 8.99. The summed E-state index contributed by atoms with van der Waals surface area (Å²) >= 11 is 1.25. The first kappa shape index (κ1) is 22.7. The second-order valence-corrected chi connectivity index (χ2v) is 8.24. The van der Waals surface area contributed by atoms with Gasteiger partial charge in [-0.25, -0.2) is 4.79 Å². The average Bonchev–Trinajstić information content (AvgIpc) is 3.05. The molecule has 2 aromatic rings. The topological polar surface area (TPSA) is 98.1 Å². The molecule has 0 bridgehead atoms. The molecule has 0 radical (unpaired) electrons. The van der Waals surface area contributed by atoms with Crippen molar-refractivity contribution in [3.8, 4) is 5.75 Å². The third-order valence-corrected chi connectivity index (χ3v) is 4.81. The molecule has 0 aliphatic carbocycles. The van der Waals surface area contributed by atoms with E-state index in [4.69, 9.17) is 4.74 Å². The number of aromatic nitrogens is 3. The van der Waals surface area contributed by atoms with Crippen LogP contribution < -0.4 is 15.4 Å². The molecule has 3 amide bonds. The highest BCUT2D eigenvalue weighted by Gasteiger charge is 2.16. The van der Waals surface area contributed by atoms with Crippen LogP contribution >= 0.6 is 11.8 Å². The Labute approximate surface area is 175 Å². The Kier molecular flexibility index (Phi) is 8.98. The third kappa shape index (κ3) is 8.15. The molecule has 1 aromatic carbocycles. The molecule has 1 heterocycles. The van der Waals surface area contributed by atoms with Crippen LogP contribution in [0.5, 0.6) is 5.75 Å². The van der Waals surface area contributed by atoms with E-state index in [0.29, 0.717) is 23.5 Å². The minimum absolute atomic E-state index is 0.0400. The first-order valence-corrected chi connectivity index (χ1v) is 10.7. The Balaban J connectivity index is 1.99. The van der Waals surface area contributed by atoms with Crippen molar-refractivity contribution in [2.24, 2.45) is 5.92 Å². The van der Waals surface area contributed by atoms with Gasteiger partial charge in [0.15, 0.2) is 11.0 Å². The van der Waals surface area contributed by atoms with E-state index in [1.165, 1.54) is 11.8 Å². The van der Waals surface area contributed by atoms with Crippen molar-refractivity contribution >= 4 is 23.7 Å². The number of nitrogens with zero attached hydrogens (tertiary/aromatic N) is 3. The molecule has 1 aromatic heterocycles. The summed E-state index contributed by atoms with van der Waals surface area (Å²) in [5.74, 6) is 1.67. The lowest BCUT2D eigenvalue weighted by Gasteiger charge is -2.12. The first-order chi connectivity index (χ1) is 13.8. The van der Waals surface area contributed by atoms with Gasteiger partial charge in [0.2, 0.25) is 5.91 Å². The molecule has 0 atom stereocenters. The SMILES string of the molecule is CC(C)CCn1c(COc2ccccc2)nnc1SCC(=O)NC(=O)NC(C)C. The van der Waals surface area contributed by atoms with Crippen LogP contribution in [0.4, 0.5) is 4.79 Å². The fourth-order valence-corrected chi connectivity index (χ4v) is 3.18. The molecule has 29 heavy (non-hydrogen) atoms. The van der Waals surface area contributed by atoms with E-state index in [-0.39, 0.29) is 17.7 Å². The van der Waals surface area contributed by atoms with Gasteiger partial charge >= 0.3 is 6.03 Å². The standard InChI is InChI=1S/C20H29N5O3S/c1-14(2)10-11-25-17(12-28-16-8-6-5-7-9-16)23-24-20(25)29-13-18(26)22-19(27)21-15(3)4/h5-9,14-15H,10-13H2,1-4H3,(H2,21,22,26,27). The van der Waals surface area contributed by atoms with Gasteiger partial charge in [-0.2, -0.15) is 0 Å². The van der Waals surface area contributed by atoms with Gasteiger partial charge in [-0.15, -0.1) is 10.2 Å². The molecule has 0 aliphatic rings. The van der Waals surface area contributed by atoms with Crippen molar-refractivity contribution in [3.05, 3.63) is 36.2 Å². The summed E-state index contributed by atoms with van der Waals surface area (Å²) in [5, 5.41) is 14.0. The average molecular weight is 420 g/mol. The molecule has 0 saturated carbocycles. The van der Waals surface area contributed by atoms with Gasteiger partial charge in [0.1, 0.15) is 12.4 Å². The van der Waals surface area contributed by atoms with Gasteiger partial charge in [0, 0.05) is 12.6 Å². The van der Waals surface area contributed by atoms with Crippen LogP contribution in [0.1, 0.15) is 39.9 Å². The number of benzene rings is 1. The zero-order chi connectivity index (χ0) is 21.2. The Morgan fingerprint density at radius 3 is 2.52 bits per heavy atom. The normalized spacial score (nSPS) is 11.0. The summed E-state index contributed by atoms with van der Waals surface area (Å²) in [6.45, 7) is 8.98. The molecular formula is C20H29N5O3S. The van der Waals surface area contributed by atoms with Crippen LogP contribution in [0.25, 0.3) is 0 Å². The van der Waals surface area contributed by atoms with E-state index in [2.05, 4.69) is 34.7 Å². The van der Waals surface area contributed by atoms with E-state index in [1.807, 2.05) is 48.7 Å². The molecule has 9 heteroatoms. The molecule has 8 nitrogen and oxygen atoms in total. The number of amides is 3. The second kappa shape index (κ2) is 11.5. The van der Waals surface area contributed by atoms with Gasteiger partial charge in [0.05, 0.1) is 5.75 Å². The molecule has 2 rings (SSSR count). The Bertz CT molecular complexity index is 793. The van der Waals surface area contributed by atoms with E-state index >= 15 is 0 Å². The molecular weight excluding hydrogens is 390 g/mol. The van der Waals surface area contributed by atoms with Crippen molar-refractivity contribution in [3.63, 3.8) is 0 Å². The number of carbonyl (C=O) groups excluding carboxylic acids is 2. The molecule has 2 N–H and O–H groups in total. The van der Waals surface area contributed by atoms with Crippen molar-refractivity contribution in [1.82, 2.24) is 25.4 Å². The van der Waals surface area contributed by atoms with Gasteiger partial charge in [0.25, 0.3) is 0 Å². The lowest BCUT2D eigenvalue weighted by Crippen LogP contribution is -2.43. The Morgan fingerprint density at radius 2 is 1.86 bits per heavy atom. The number of nitrogens with one attached hydrogen (secondary N) is 2. The summed E-state index contributed by atoms with van der Waals surface area (Å²) in [6.07, 6.45) is 0.951. The minimum atomic E-state index is -0.496. The maximum absolute atomic E-state index is 12.0. The molecule has 0 spiro atoms. The predicted octanol–water partition coefficient (Wildman–Crippen LogP) is 3.23. The molecule has 158 valence electrons. The molecule has 0 unspecified atom stereocenters. The molecule has 0 fully saturated rings. The first-order valence-electron chi connectivity index (χ1n) is 9.68. The number of hydrogen-bond donors (Lipinski definition) is 2. The van der Waals surface area contributed by atoms with E-state index in [1.54, 1.807) is 0 Å². The Hall–Kier alpha value is -2.55. The van der Waals surface area contributed by atoms with E-state index < -0.39 is 6.03 Å². The second-order valence-electron chi connectivity index (χ2n) is 7.30. The highest BCUT2D eigenvalue weighted by atomic mass is 32.2. The number of carbonyl (C=O) groups is 2. The van der Waals surface area contributed by atoms with Crippen LogP contribution in [0.3, 0.4) is 0 Å². The fourth-order valence-electron chi connectivity index (χ4n) is 2.40. The maximum Gasteiger partial charge on any atom is 0.321 e. The smallest absolute Gasteiger partial charge is 0.321 e. The highest BCUT2D eigenvalue weighted by molar-refractivity contribution is 7.99. The monoisotopic (exact) mass is 419 g/mol. The van der Waals surface area contributed by atoms with Crippen molar-refractivity contribution < 1.29 is 14.3 Å². The van der Waals surface area contributed by atoms with Gasteiger partial charge < -0.3 is 14.6 Å². The minimum Gasteiger partial charge on any atom is -0.486 e. The molecule has 0 aliphatic heterocycles. The molecule has 0 saturated heterocycles. The number of hydrogen-bond acceptors (Lipinski definition) is 6. The van der Waals surface area contributed by atoms with Crippen LogP contribution in [0.2, 0.25) is 0 Å². The van der Waals surface area contributed by atoms with Crippen molar-refractivity contribution in [2.75, 3.05) is 5.75 Å². The predicted molar refractivity (Wildman–Crippen MR) is 113 cm³/mol. The number of urea groups is 1. The maximum atomic E-state index is 12.0. The summed E-state index contributed by atoms with van der Waals surface area (Å²) in [5.41, 5.74) is 0. The van der Waals surface area contributed by atoms with E-state index in [9.17, 15) is 9.59 Å².